The minimum absolute atomic E-state index is 0. The molecule has 1 atom stereocenters. The Hall–Kier alpha value is -1.13. The van der Waals surface area contributed by atoms with E-state index in [9.17, 15) is 9.18 Å². The van der Waals surface area contributed by atoms with Crippen LogP contribution < -0.4 is 10.6 Å². The summed E-state index contributed by atoms with van der Waals surface area (Å²) in [5.41, 5.74) is 0.797. The van der Waals surface area contributed by atoms with Gasteiger partial charge in [-0.25, -0.2) is 4.39 Å². The molecule has 1 aromatic rings. The molecule has 19 heavy (non-hydrogen) atoms. The van der Waals surface area contributed by atoms with E-state index in [0.717, 1.165) is 31.5 Å². The number of halogens is 2. The van der Waals surface area contributed by atoms with Crippen LogP contribution in [-0.4, -0.2) is 19.0 Å². The van der Waals surface area contributed by atoms with Crippen molar-refractivity contribution in [3.05, 3.63) is 35.6 Å². The first-order valence-corrected chi connectivity index (χ1v) is 6.46. The van der Waals surface area contributed by atoms with Gasteiger partial charge in [-0.3, -0.25) is 4.79 Å². The third-order valence-corrected chi connectivity index (χ3v) is 3.32. The van der Waals surface area contributed by atoms with E-state index < -0.39 is 0 Å². The molecule has 0 saturated carbocycles. The second-order valence-electron chi connectivity index (χ2n) is 4.80. The van der Waals surface area contributed by atoms with Crippen molar-refractivity contribution in [2.45, 2.75) is 25.8 Å². The van der Waals surface area contributed by atoms with Crippen LogP contribution in [0.1, 0.15) is 24.8 Å². The monoisotopic (exact) mass is 286 g/mol. The summed E-state index contributed by atoms with van der Waals surface area (Å²) in [5, 5.41) is 6.11. The lowest BCUT2D eigenvalue weighted by molar-refractivity contribution is -0.121. The van der Waals surface area contributed by atoms with E-state index in [1.165, 1.54) is 12.1 Å². The summed E-state index contributed by atoms with van der Waals surface area (Å²) in [6.45, 7) is 2.49. The summed E-state index contributed by atoms with van der Waals surface area (Å²) < 4.78 is 12.9. The number of hydrogen-bond donors (Lipinski definition) is 2. The van der Waals surface area contributed by atoms with Crippen LogP contribution in [0.25, 0.3) is 0 Å². The summed E-state index contributed by atoms with van der Waals surface area (Å²) in [4.78, 5) is 11.6. The highest BCUT2D eigenvalue weighted by Crippen LogP contribution is 2.14. The van der Waals surface area contributed by atoms with Gasteiger partial charge < -0.3 is 10.6 Å². The van der Waals surface area contributed by atoms with Crippen molar-refractivity contribution in [1.29, 1.82) is 0 Å². The van der Waals surface area contributed by atoms with Crippen LogP contribution in [0.2, 0.25) is 0 Å². The normalized spacial score (nSPS) is 17.8. The van der Waals surface area contributed by atoms with Crippen molar-refractivity contribution in [2.24, 2.45) is 5.92 Å². The van der Waals surface area contributed by atoms with Crippen LogP contribution in [0.4, 0.5) is 4.39 Å². The average Bonchev–Trinajstić information content (AvgIpc) is 2.87. The van der Waals surface area contributed by atoms with Gasteiger partial charge in [0.05, 0.1) is 0 Å². The molecule has 0 aliphatic carbocycles. The highest BCUT2D eigenvalue weighted by Gasteiger charge is 2.15. The van der Waals surface area contributed by atoms with Crippen molar-refractivity contribution < 1.29 is 9.18 Å². The summed E-state index contributed by atoms with van der Waals surface area (Å²) in [6.07, 6.45) is 2.65. The van der Waals surface area contributed by atoms with Gasteiger partial charge in [0.2, 0.25) is 5.91 Å². The average molecular weight is 287 g/mol. The minimum atomic E-state index is -0.265. The number of benzene rings is 1. The molecule has 0 bridgehead atoms. The number of rotatable bonds is 5. The molecule has 1 amide bonds. The lowest BCUT2D eigenvalue weighted by atomic mass is 10.0. The standard InChI is InChI=1S/C14H19FN2O.ClH/c15-13-3-1-2-12(8-13)10-17-14(18)5-4-11-6-7-16-9-11;/h1-3,8,11,16H,4-7,9-10H2,(H,17,18);1H. The molecule has 3 nitrogen and oxygen atoms in total. The Kier molecular flexibility index (Phi) is 6.81. The van der Waals surface area contributed by atoms with Crippen LogP contribution in [0.3, 0.4) is 0 Å². The highest BCUT2D eigenvalue weighted by atomic mass is 35.5. The summed E-state index contributed by atoms with van der Waals surface area (Å²) >= 11 is 0. The lowest BCUT2D eigenvalue weighted by Gasteiger charge is -2.08. The maximum absolute atomic E-state index is 12.9. The molecule has 5 heteroatoms. The van der Waals surface area contributed by atoms with E-state index in [0.29, 0.717) is 18.9 Å². The van der Waals surface area contributed by atoms with Gasteiger partial charge in [-0.2, -0.15) is 0 Å². The molecule has 106 valence electrons. The van der Waals surface area contributed by atoms with Crippen LogP contribution in [-0.2, 0) is 11.3 Å². The van der Waals surface area contributed by atoms with Gasteiger partial charge in [-0.1, -0.05) is 12.1 Å². The summed E-state index contributed by atoms with van der Waals surface area (Å²) in [7, 11) is 0. The predicted molar refractivity (Wildman–Crippen MR) is 75.7 cm³/mol. The molecule has 1 unspecified atom stereocenters. The molecule has 1 heterocycles. The molecule has 1 aliphatic heterocycles. The van der Waals surface area contributed by atoms with E-state index >= 15 is 0 Å². The molecule has 1 fully saturated rings. The molecule has 1 saturated heterocycles. The van der Waals surface area contributed by atoms with Crippen molar-refractivity contribution in [3.63, 3.8) is 0 Å². The van der Waals surface area contributed by atoms with Gasteiger partial charge in [-0.15, -0.1) is 12.4 Å². The molecular formula is C14H20ClFN2O. The van der Waals surface area contributed by atoms with E-state index in [-0.39, 0.29) is 24.1 Å². The maximum Gasteiger partial charge on any atom is 0.220 e. The van der Waals surface area contributed by atoms with Crippen LogP contribution in [0.15, 0.2) is 24.3 Å². The fourth-order valence-electron chi connectivity index (χ4n) is 2.23. The van der Waals surface area contributed by atoms with Gasteiger partial charge in [0.25, 0.3) is 0 Å². The fourth-order valence-corrected chi connectivity index (χ4v) is 2.23. The SMILES string of the molecule is Cl.O=C(CCC1CCNC1)NCc1cccc(F)c1. The van der Waals surface area contributed by atoms with Crippen molar-refractivity contribution in [3.8, 4) is 0 Å². The first kappa shape index (κ1) is 15.9. The van der Waals surface area contributed by atoms with Gasteiger partial charge in [0.15, 0.2) is 0 Å². The fraction of sp³-hybridized carbons (Fsp3) is 0.500. The van der Waals surface area contributed by atoms with Gasteiger partial charge in [0.1, 0.15) is 5.82 Å². The molecule has 2 N–H and O–H groups in total. The Morgan fingerprint density at radius 2 is 2.32 bits per heavy atom. The Labute approximate surface area is 119 Å². The molecule has 2 rings (SSSR count). The summed E-state index contributed by atoms with van der Waals surface area (Å²) in [6, 6.07) is 6.31. The van der Waals surface area contributed by atoms with Crippen molar-refractivity contribution >= 4 is 18.3 Å². The maximum atomic E-state index is 12.9. The van der Waals surface area contributed by atoms with E-state index in [4.69, 9.17) is 0 Å². The van der Waals surface area contributed by atoms with E-state index in [2.05, 4.69) is 10.6 Å². The zero-order valence-corrected chi connectivity index (χ0v) is 11.6. The Balaban J connectivity index is 0.00000180. The minimum Gasteiger partial charge on any atom is -0.352 e. The van der Waals surface area contributed by atoms with Crippen LogP contribution >= 0.6 is 12.4 Å². The Morgan fingerprint density at radius 1 is 1.47 bits per heavy atom. The largest absolute Gasteiger partial charge is 0.352 e. The van der Waals surface area contributed by atoms with Crippen LogP contribution in [0, 0.1) is 11.7 Å². The second-order valence-corrected chi connectivity index (χ2v) is 4.80. The second kappa shape index (κ2) is 8.12. The first-order chi connectivity index (χ1) is 8.74. The Morgan fingerprint density at radius 3 is 3.00 bits per heavy atom. The molecule has 0 aromatic heterocycles. The number of hydrogen-bond acceptors (Lipinski definition) is 2. The zero-order valence-electron chi connectivity index (χ0n) is 10.8. The molecule has 0 radical (unpaired) electrons. The van der Waals surface area contributed by atoms with Gasteiger partial charge in [-0.05, 0) is 49.5 Å². The third kappa shape index (κ3) is 5.57. The number of nitrogens with one attached hydrogen (secondary N) is 2. The quantitative estimate of drug-likeness (QED) is 0.872. The van der Waals surface area contributed by atoms with Crippen molar-refractivity contribution in [1.82, 2.24) is 10.6 Å². The third-order valence-electron chi connectivity index (χ3n) is 3.32. The van der Waals surface area contributed by atoms with Gasteiger partial charge in [0, 0.05) is 13.0 Å². The van der Waals surface area contributed by atoms with E-state index in [1.807, 2.05) is 6.07 Å². The molecule has 1 aromatic carbocycles. The molecular weight excluding hydrogens is 267 g/mol. The summed E-state index contributed by atoms with van der Waals surface area (Å²) in [5.74, 6) is 0.412. The lowest BCUT2D eigenvalue weighted by Crippen LogP contribution is -2.23. The smallest absolute Gasteiger partial charge is 0.220 e. The number of carbonyl (C=O) groups is 1. The zero-order chi connectivity index (χ0) is 12.8. The van der Waals surface area contributed by atoms with Gasteiger partial charge >= 0.3 is 0 Å². The number of carbonyl (C=O) groups excluding carboxylic acids is 1. The number of amides is 1. The topological polar surface area (TPSA) is 41.1 Å². The Bertz CT molecular complexity index is 408. The highest BCUT2D eigenvalue weighted by molar-refractivity contribution is 5.85. The predicted octanol–water partition coefficient (Wildman–Crippen LogP) is 2.25. The van der Waals surface area contributed by atoms with Crippen molar-refractivity contribution in [2.75, 3.05) is 13.1 Å². The van der Waals surface area contributed by atoms with Crippen LogP contribution in [0.5, 0.6) is 0 Å². The van der Waals surface area contributed by atoms with E-state index in [1.54, 1.807) is 6.07 Å². The molecule has 0 spiro atoms. The first-order valence-electron chi connectivity index (χ1n) is 6.46. The molecule has 1 aliphatic rings.